The minimum Gasteiger partial charge on any atom is -0.379 e. The van der Waals surface area contributed by atoms with Gasteiger partial charge in [-0.15, -0.1) is 11.3 Å². The van der Waals surface area contributed by atoms with Gasteiger partial charge in [-0.2, -0.15) is 8.42 Å². The SMILES string of the molecule is Cc1nc(S(=O)(=O)Nc2cscn2)ccc1NCc1c(F)cccc1CN1C2CCC1CC2. The van der Waals surface area contributed by atoms with Gasteiger partial charge < -0.3 is 5.32 Å². The Morgan fingerprint density at radius 1 is 1.15 bits per heavy atom. The Morgan fingerprint density at radius 3 is 2.58 bits per heavy atom. The fourth-order valence-electron chi connectivity index (χ4n) is 4.93. The van der Waals surface area contributed by atoms with E-state index in [2.05, 4.69) is 24.9 Å². The highest BCUT2D eigenvalue weighted by molar-refractivity contribution is 7.92. The van der Waals surface area contributed by atoms with Gasteiger partial charge in [0.25, 0.3) is 10.0 Å². The van der Waals surface area contributed by atoms with E-state index in [0.29, 0.717) is 35.6 Å². The van der Waals surface area contributed by atoms with Gasteiger partial charge >= 0.3 is 0 Å². The molecule has 0 radical (unpaired) electrons. The number of aryl methyl sites for hydroxylation is 1. The normalized spacial score (nSPS) is 20.3. The fraction of sp³-hybridized carbons (Fsp3) is 0.391. The Balaban J connectivity index is 1.31. The lowest BCUT2D eigenvalue weighted by Crippen LogP contribution is -2.28. The molecule has 0 unspecified atom stereocenters. The predicted molar refractivity (Wildman–Crippen MR) is 127 cm³/mol. The Kier molecular flexibility index (Phi) is 6.07. The summed E-state index contributed by atoms with van der Waals surface area (Å²) in [5.74, 6) is 0.0315. The van der Waals surface area contributed by atoms with E-state index in [1.54, 1.807) is 29.9 Å². The van der Waals surface area contributed by atoms with Crippen LogP contribution in [0.5, 0.6) is 0 Å². The van der Waals surface area contributed by atoms with Crippen LogP contribution in [0.2, 0.25) is 0 Å². The van der Waals surface area contributed by atoms with Crippen LogP contribution in [0.4, 0.5) is 15.9 Å². The zero-order valence-electron chi connectivity index (χ0n) is 18.3. The summed E-state index contributed by atoms with van der Waals surface area (Å²) >= 11 is 1.30. The number of rotatable bonds is 8. The van der Waals surface area contributed by atoms with E-state index < -0.39 is 10.0 Å². The standard InChI is InChI=1S/C23H26FN5O2S2/c1-15-21(9-10-23(27-15)33(30,31)28-22-13-32-14-26-22)25-11-19-16(3-2-4-20(19)24)12-29-17-5-6-18(29)8-7-17/h2-4,9-10,13-14,17-18,25,28H,5-8,11-12H2,1H3. The highest BCUT2D eigenvalue weighted by Crippen LogP contribution is 2.38. The van der Waals surface area contributed by atoms with Crippen molar-refractivity contribution in [1.29, 1.82) is 0 Å². The number of anilines is 2. The molecule has 3 aromatic rings. The summed E-state index contributed by atoms with van der Waals surface area (Å²) in [6, 6.07) is 9.62. The third-order valence-corrected chi connectivity index (χ3v) is 8.48. The average molecular weight is 488 g/mol. The lowest BCUT2D eigenvalue weighted by Gasteiger charge is -2.23. The minimum atomic E-state index is -3.83. The van der Waals surface area contributed by atoms with Gasteiger partial charge in [-0.1, -0.05) is 12.1 Å². The number of thiazole rings is 1. The molecule has 2 aliphatic rings. The zero-order chi connectivity index (χ0) is 23.0. The molecule has 10 heteroatoms. The summed E-state index contributed by atoms with van der Waals surface area (Å²) in [5.41, 5.74) is 4.38. The highest BCUT2D eigenvalue weighted by Gasteiger charge is 2.39. The largest absolute Gasteiger partial charge is 0.379 e. The molecular weight excluding hydrogens is 461 g/mol. The number of hydrogen-bond acceptors (Lipinski definition) is 7. The molecule has 0 amide bonds. The predicted octanol–water partition coefficient (Wildman–Crippen LogP) is 4.53. The molecular formula is C23H26FN5O2S2. The molecule has 1 aromatic carbocycles. The summed E-state index contributed by atoms with van der Waals surface area (Å²) in [7, 11) is -3.83. The van der Waals surface area contributed by atoms with Crippen LogP contribution >= 0.6 is 11.3 Å². The van der Waals surface area contributed by atoms with Crippen LogP contribution in [-0.4, -0.2) is 35.4 Å². The maximum absolute atomic E-state index is 14.8. The number of nitrogens with zero attached hydrogens (tertiary/aromatic N) is 3. The van der Waals surface area contributed by atoms with E-state index in [9.17, 15) is 12.8 Å². The smallest absolute Gasteiger partial charge is 0.280 e. The zero-order valence-corrected chi connectivity index (χ0v) is 19.9. The van der Waals surface area contributed by atoms with E-state index in [1.165, 1.54) is 49.2 Å². The number of pyridine rings is 1. The molecule has 2 aliphatic heterocycles. The monoisotopic (exact) mass is 487 g/mol. The second-order valence-electron chi connectivity index (χ2n) is 8.63. The Hall–Kier alpha value is -2.56. The molecule has 2 aromatic heterocycles. The van der Waals surface area contributed by atoms with Crippen LogP contribution in [0.25, 0.3) is 0 Å². The van der Waals surface area contributed by atoms with Gasteiger partial charge in [0, 0.05) is 36.1 Å². The summed E-state index contributed by atoms with van der Waals surface area (Å²) < 4.78 is 42.3. The number of aromatic nitrogens is 2. The first kappa shape index (κ1) is 22.2. The van der Waals surface area contributed by atoms with Crippen LogP contribution < -0.4 is 10.0 Å². The van der Waals surface area contributed by atoms with Crippen molar-refractivity contribution in [3.8, 4) is 0 Å². The van der Waals surface area contributed by atoms with E-state index >= 15 is 0 Å². The van der Waals surface area contributed by atoms with Crippen molar-refractivity contribution in [2.45, 2.75) is 62.8 Å². The summed E-state index contributed by atoms with van der Waals surface area (Å²) in [4.78, 5) is 10.7. The van der Waals surface area contributed by atoms with Crippen molar-refractivity contribution >= 4 is 32.9 Å². The number of fused-ring (bicyclic) bond motifs is 2. The van der Waals surface area contributed by atoms with E-state index in [0.717, 1.165) is 12.1 Å². The van der Waals surface area contributed by atoms with Crippen molar-refractivity contribution in [1.82, 2.24) is 14.9 Å². The average Bonchev–Trinajstić information content (AvgIpc) is 3.52. The Morgan fingerprint density at radius 2 is 1.91 bits per heavy atom. The molecule has 0 aliphatic carbocycles. The van der Waals surface area contributed by atoms with Crippen molar-refractivity contribution in [3.05, 3.63) is 63.9 Å². The molecule has 0 saturated carbocycles. The molecule has 2 N–H and O–H groups in total. The molecule has 2 bridgehead atoms. The molecule has 4 heterocycles. The molecule has 7 nitrogen and oxygen atoms in total. The quantitative estimate of drug-likeness (QED) is 0.486. The maximum atomic E-state index is 14.8. The summed E-state index contributed by atoms with van der Waals surface area (Å²) in [6.45, 7) is 2.80. The lowest BCUT2D eigenvalue weighted by molar-refractivity contribution is 0.243. The highest BCUT2D eigenvalue weighted by atomic mass is 32.2. The number of hydrogen-bond donors (Lipinski definition) is 2. The third kappa shape index (κ3) is 4.60. The molecule has 174 valence electrons. The van der Waals surface area contributed by atoms with Crippen LogP contribution in [0.3, 0.4) is 0 Å². The number of halogens is 1. The Labute approximate surface area is 197 Å². The molecule has 2 fully saturated rings. The van der Waals surface area contributed by atoms with E-state index in [4.69, 9.17) is 0 Å². The minimum absolute atomic E-state index is 0.0883. The summed E-state index contributed by atoms with van der Waals surface area (Å²) in [5, 5.41) is 4.77. The van der Waals surface area contributed by atoms with Gasteiger partial charge in [-0.25, -0.2) is 14.4 Å². The third-order valence-electron chi connectivity index (χ3n) is 6.64. The first-order valence-corrected chi connectivity index (χ1v) is 13.5. The number of benzene rings is 1. The molecule has 0 atom stereocenters. The van der Waals surface area contributed by atoms with Crippen LogP contribution in [0, 0.1) is 12.7 Å². The van der Waals surface area contributed by atoms with E-state index in [-0.39, 0.29) is 16.7 Å². The molecule has 33 heavy (non-hydrogen) atoms. The molecule has 2 saturated heterocycles. The topological polar surface area (TPSA) is 87.2 Å². The van der Waals surface area contributed by atoms with Gasteiger partial charge in [0.05, 0.1) is 16.9 Å². The second-order valence-corrected chi connectivity index (χ2v) is 11.0. The van der Waals surface area contributed by atoms with Crippen LogP contribution in [-0.2, 0) is 23.1 Å². The number of nitrogens with one attached hydrogen (secondary N) is 2. The van der Waals surface area contributed by atoms with Crippen molar-refractivity contribution < 1.29 is 12.8 Å². The second kappa shape index (κ2) is 9.00. The van der Waals surface area contributed by atoms with Gasteiger partial charge in [0.1, 0.15) is 5.82 Å². The number of sulfonamides is 1. The Bertz CT molecular complexity index is 1230. The lowest BCUT2D eigenvalue weighted by atomic mass is 10.0. The van der Waals surface area contributed by atoms with E-state index in [1.807, 2.05) is 6.07 Å². The maximum Gasteiger partial charge on any atom is 0.280 e. The molecule has 5 rings (SSSR count). The van der Waals surface area contributed by atoms with Gasteiger partial charge in [0.15, 0.2) is 10.8 Å². The van der Waals surface area contributed by atoms with Gasteiger partial charge in [-0.3, -0.25) is 9.62 Å². The van der Waals surface area contributed by atoms with Crippen LogP contribution in [0.15, 0.2) is 46.2 Å². The van der Waals surface area contributed by atoms with Crippen molar-refractivity contribution in [3.63, 3.8) is 0 Å². The fourth-order valence-corrected chi connectivity index (χ4v) is 6.49. The molecule has 0 spiro atoms. The van der Waals surface area contributed by atoms with Crippen molar-refractivity contribution in [2.24, 2.45) is 0 Å². The van der Waals surface area contributed by atoms with Gasteiger partial charge in [0.2, 0.25) is 0 Å². The van der Waals surface area contributed by atoms with Gasteiger partial charge in [-0.05, 0) is 56.4 Å². The first-order chi connectivity index (χ1) is 15.9. The van der Waals surface area contributed by atoms with Crippen LogP contribution in [0.1, 0.15) is 42.5 Å². The summed E-state index contributed by atoms with van der Waals surface area (Å²) in [6.07, 6.45) is 4.96. The first-order valence-electron chi connectivity index (χ1n) is 11.1. The van der Waals surface area contributed by atoms with Crippen molar-refractivity contribution in [2.75, 3.05) is 10.0 Å².